The molecule has 0 amide bonds. The van der Waals surface area contributed by atoms with Crippen molar-refractivity contribution < 1.29 is 9.47 Å². The number of nitrogens with one attached hydrogen (secondary N) is 1. The first-order chi connectivity index (χ1) is 10.3. The molecule has 0 aliphatic carbocycles. The summed E-state index contributed by atoms with van der Waals surface area (Å²) in [6, 6.07) is 5.87. The Kier molecular flexibility index (Phi) is 3.59. The minimum atomic E-state index is 0.677. The highest BCUT2D eigenvalue weighted by atomic mass is 16.5. The summed E-state index contributed by atoms with van der Waals surface area (Å²) in [5.74, 6) is 2.99. The second-order valence-corrected chi connectivity index (χ2v) is 4.51. The number of aromatic amines is 1. The zero-order chi connectivity index (χ0) is 14.7. The van der Waals surface area contributed by atoms with E-state index in [1.807, 2.05) is 29.0 Å². The number of benzene rings is 1. The molecule has 0 atom stereocenters. The van der Waals surface area contributed by atoms with Crippen LogP contribution in [0.1, 0.15) is 5.56 Å². The van der Waals surface area contributed by atoms with Gasteiger partial charge in [0, 0.05) is 31.3 Å². The first-order valence-corrected chi connectivity index (χ1v) is 6.53. The average molecular weight is 284 g/mol. The molecule has 0 radical (unpaired) electrons. The molecule has 2 heterocycles. The van der Waals surface area contributed by atoms with Crippen LogP contribution >= 0.6 is 0 Å². The molecule has 108 valence electrons. The van der Waals surface area contributed by atoms with E-state index in [2.05, 4.69) is 15.0 Å². The predicted molar refractivity (Wildman–Crippen MR) is 78.5 cm³/mol. The van der Waals surface area contributed by atoms with Crippen LogP contribution in [0.25, 0.3) is 11.6 Å². The van der Waals surface area contributed by atoms with E-state index in [-0.39, 0.29) is 0 Å². The Hall–Kier alpha value is -2.76. The second-order valence-electron chi connectivity index (χ2n) is 4.51. The molecule has 6 nitrogen and oxygen atoms in total. The average Bonchev–Trinajstić information content (AvgIpc) is 3.17. The summed E-state index contributed by atoms with van der Waals surface area (Å²) >= 11 is 0. The maximum Gasteiger partial charge on any atom is 0.176 e. The monoisotopic (exact) mass is 284 g/mol. The SMILES string of the molecule is COc1ccc(Cn2ccnc2-c2ncc[nH]2)cc1OC. The molecular formula is C15H16N4O2. The van der Waals surface area contributed by atoms with Crippen molar-refractivity contribution in [1.29, 1.82) is 0 Å². The van der Waals surface area contributed by atoms with Crippen molar-refractivity contribution in [2.45, 2.75) is 6.54 Å². The third-order valence-corrected chi connectivity index (χ3v) is 3.23. The zero-order valence-corrected chi connectivity index (χ0v) is 11.9. The van der Waals surface area contributed by atoms with Crippen molar-refractivity contribution in [3.63, 3.8) is 0 Å². The van der Waals surface area contributed by atoms with E-state index >= 15 is 0 Å². The van der Waals surface area contributed by atoms with Gasteiger partial charge in [-0.05, 0) is 17.7 Å². The number of hydrogen-bond acceptors (Lipinski definition) is 4. The number of H-pyrrole nitrogens is 1. The number of nitrogens with zero attached hydrogens (tertiary/aromatic N) is 3. The lowest BCUT2D eigenvalue weighted by Crippen LogP contribution is -2.02. The largest absolute Gasteiger partial charge is 0.493 e. The lowest BCUT2D eigenvalue weighted by Gasteiger charge is -2.11. The summed E-state index contributed by atoms with van der Waals surface area (Å²) in [7, 11) is 3.26. The minimum absolute atomic E-state index is 0.677. The molecule has 0 saturated carbocycles. The molecule has 0 spiro atoms. The number of hydrogen-bond donors (Lipinski definition) is 1. The van der Waals surface area contributed by atoms with Gasteiger partial charge in [-0.3, -0.25) is 0 Å². The van der Waals surface area contributed by atoms with Crippen LogP contribution in [0, 0.1) is 0 Å². The van der Waals surface area contributed by atoms with Crippen LogP contribution in [0.3, 0.4) is 0 Å². The van der Waals surface area contributed by atoms with E-state index in [1.54, 1.807) is 32.8 Å². The summed E-state index contributed by atoms with van der Waals surface area (Å²) in [5, 5.41) is 0. The van der Waals surface area contributed by atoms with Crippen molar-refractivity contribution in [2.75, 3.05) is 14.2 Å². The molecule has 0 bridgehead atoms. The van der Waals surface area contributed by atoms with Crippen LogP contribution in [0.4, 0.5) is 0 Å². The van der Waals surface area contributed by atoms with E-state index in [0.29, 0.717) is 6.54 Å². The molecule has 1 aromatic carbocycles. The van der Waals surface area contributed by atoms with Gasteiger partial charge < -0.3 is 19.0 Å². The van der Waals surface area contributed by atoms with Crippen molar-refractivity contribution in [1.82, 2.24) is 19.5 Å². The molecule has 21 heavy (non-hydrogen) atoms. The van der Waals surface area contributed by atoms with Gasteiger partial charge in [0.15, 0.2) is 23.1 Å². The molecule has 6 heteroatoms. The molecule has 2 aromatic heterocycles. The van der Waals surface area contributed by atoms with Gasteiger partial charge in [-0.25, -0.2) is 9.97 Å². The van der Waals surface area contributed by atoms with Crippen LogP contribution in [-0.2, 0) is 6.54 Å². The van der Waals surface area contributed by atoms with E-state index in [0.717, 1.165) is 28.7 Å². The smallest absolute Gasteiger partial charge is 0.176 e. The first-order valence-electron chi connectivity index (χ1n) is 6.53. The Bertz CT molecular complexity index is 719. The highest BCUT2D eigenvalue weighted by molar-refractivity contribution is 5.45. The van der Waals surface area contributed by atoms with Gasteiger partial charge in [0.2, 0.25) is 0 Å². The number of methoxy groups -OCH3 is 2. The summed E-state index contributed by atoms with van der Waals surface area (Å²) in [6.45, 7) is 0.677. The Labute approximate surface area is 122 Å². The highest BCUT2D eigenvalue weighted by Crippen LogP contribution is 2.28. The second kappa shape index (κ2) is 5.70. The highest BCUT2D eigenvalue weighted by Gasteiger charge is 2.10. The van der Waals surface area contributed by atoms with Gasteiger partial charge >= 0.3 is 0 Å². The lowest BCUT2D eigenvalue weighted by atomic mass is 10.2. The minimum Gasteiger partial charge on any atom is -0.493 e. The van der Waals surface area contributed by atoms with Crippen molar-refractivity contribution in [3.05, 3.63) is 48.5 Å². The number of rotatable bonds is 5. The van der Waals surface area contributed by atoms with Crippen LogP contribution in [0.2, 0.25) is 0 Å². The van der Waals surface area contributed by atoms with Gasteiger partial charge in [0.1, 0.15) is 0 Å². The van der Waals surface area contributed by atoms with Gasteiger partial charge in [-0.1, -0.05) is 6.07 Å². The third-order valence-electron chi connectivity index (χ3n) is 3.23. The van der Waals surface area contributed by atoms with Gasteiger partial charge in [0.05, 0.1) is 14.2 Å². The topological polar surface area (TPSA) is 65.0 Å². The van der Waals surface area contributed by atoms with Crippen LogP contribution < -0.4 is 9.47 Å². The van der Waals surface area contributed by atoms with Crippen LogP contribution in [0.5, 0.6) is 11.5 Å². The maximum atomic E-state index is 5.33. The zero-order valence-electron chi connectivity index (χ0n) is 11.9. The van der Waals surface area contributed by atoms with Crippen molar-refractivity contribution >= 4 is 0 Å². The normalized spacial score (nSPS) is 10.6. The first kappa shape index (κ1) is 13.2. The summed E-state index contributed by atoms with van der Waals surface area (Å²) in [4.78, 5) is 11.7. The standard InChI is InChI=1S/C15H16N4O2/c1-20-12-4-3-11(9-13(12)21-2)10-19-8-7-18-15(19)14-16-5-6-17-14/h3-9H,10H2,1-2H3,(H,16,17). The predicted octanol–water partition coefficient (Wildman–Crippen LogP) is 2.34. The van der Waals surface area contributed by atoms with E-state index < -0.39 is 0 Å². The Morgan fingerprint density at radius 2 is 1.95 bits per heavy atom. The fraction of sp³-hybridized carbons (Fsp3) is 0.200. The fourth-order valence-corrected chi connectivity index (χ4v) is 2.22. The quantitative estimate of drug-likeness (QED) is 0.781. The van der Waals surface area contributed by atoms with E-state index in [1.165, 1.54) is 0 Å². The molecule has 1 N–H and O–H groups in total. The molecule has 3 aromatic rings. The molecule has 3 rings (SSSR count). The Morgan fingerprint density at radius 3 is 2.67 bits per heavy atom. The number of aromatic nitrogens is 4. The lowest BCUT2D eigenvalue weighted by molar-refractivity contribution is 0.354. The van der Waals surface area contributed by atoms with E-state index in [4.69, 9.17) is 9.47 Å². The number of ether oxygens (including phenoxy) is 2. The van der Waals surface area contributed by atoms with Crippen molar-refractivity contribution in [2.24, 2.45) is 0 Å². The summed E-state index contributed by atoms with van der Waals surface area (Å²) in [6.07, 6.45) is 7.18. The molecule has 0 fully saturated rings. The molecule has 0 unspecified atom stereocenters. The third kappa shape index (κ3) is 2.60. The summed E-state index contributed by atoms with van der Waals surface area (Å²) < 4.78 is 12.6. The number of imidazole rings is 2. The van der Waals surface area contributed by atoms with Gasteiger partial charge in [0.25, 0.3) is 0 Å². The van der Waals surface area contributed by atoms with Crippen LogP contribution in [0.15, 0.2) is 43.0 Å². The Morgan fingerprint density at radius 1 is 1.10 bits per heavy atom. The molecule has 0 aliphatic rings. The summed E-state index contributed by atoms with van der Waals surface area (Å²) in [5.41, 5.74) is 1.10. The van der Waals surface area contributed by atoms with Crippen LogP contribution in [-0.4, -0.2) is 33.7 Å². The maximum absolute atomic E-state index is 5.33. The van der Waals surface area contributed by atoms with Gasteiger partial charge in [-0.2, -0.15) is 0 Å². The van der Waals surface area contributed by atoms with Gasteiger partial charge in [-0.15, -0.1) is 0 Å². The molecular weight excluding hydrogens is 268 g/mol. The fourth-order valence-electron chi connectivity index (χ4n) is 2.22. The van der Waals surface area contributed by atoms with Crippen molar-refractivity contribution in [3.8, 4) is 23.1 Å². The Balaban J connectivity index is 1.89. The molecule has 0 aliphatic heterocycles. The van der Waals surface area contributed by atoms with E-state index in [9.17, 15) is 0 Å². The molecule has 0 saturated heterocycles.